The number of rotatable bonds is 4. The van der Waals surface area contributed by atoms with Gasteiger partial charge in [-0.1, -0.05) is 42.5 Å². The third kappa shape index (κ3) is 3.30. The summed E-state index contributed by atoms with van der Waals surface area (Å²) in [7, 11) is -3.22. The summed E-state index contributed by atoms with van der Waals surface area (Å²) < 4.78 is 30.0. The van der Waals surface area contributed by atoms with Crippen molar-refractivity contribution in [3.8, 4) is 11.1 Å². The second kappa shape index (κ2) is 7.04. The molecular formula is C22H20O5S. The fourth-order valence-corrected chi connectivity index (χ4v) is 5.51. The van der Waals surface area contributed by atoms with E-state index >= 15 is 0 Å². The molecule has 1 N–H and O–H groups in total. The van der Waals surface area contributed by atoms with Crippen LogP contribution in [0.2, 0.25) is 0 Å². The molecule has 0 atom stereocenters. The summed E-state index contributed by atoms with van der Waals surface area (Å²) in [6.45, 7) is 1.35. The Hall–Kier alpha value is -2.70. The third-order valence-electron chi connectivity index (χ3n) is 5.10. The molecule has 0 aromatic heterocycles. The first kappa shape index (κ1) is 18.7. The second-order valence-electron chi connectivity index (χ2n) is 7.03. The van der Waals surface area contributed by atoms with Crippen molar-refractivity contribution in [2.75, 3.05) is 0 Å². The van der Waals surface area contributed by atoms with Crippen LogP contribution in [-0.2, 0) is 44.1 Å². The van der Waals surface area contributed by atoms with Crippen LogP contribution in [0.3, 0.4) is 0 Å². The summed E-state index contributed by atoms with van der Waals surface area (Å²) in [6.07, 6.45) is 0. The molecule has 0 radical (unpaired) electrons. The monoisotopic (exact) mass is 396 g/mol. The van der Waals surface area contributed by atoms with Crippen molar-refractivity contribution in [2.24, 2.45) is 0 Å². The number of esters is 1. The van der Waals surface area contributed by atoms with Gasteiger partial charge < -0.3 is 9.84 Å². The fraction of sp³-hybridized carbons (Fsp3) is 0.227. The maximum absolute atomic E-state index is 12.4. The van der Waals surface area contributed by atoms with Gasteiger partial charge >= 0.3 is 5.97 Å². The number of aliphatic hydroxyl groups excluding tert-OH is 1. The number of hydrogen-bond donors (Lipinski definition) is 1. The van der Waals surface area contributed by atoms with E-state index < -0.39 is 9.84 Å². The van der Waals surface area contributed by atoms with E-state index in [2.05, 4.69) is 0 Å². The Morgan fingerprint density at radius 1 is 1.04 bits per heavy atom. The lowest BCUT2D eigenvalue weighted by Crippen LogP contribution is -2.02. The van der Waals surface area contributed by atoms with E-state index in [0.717, 1.165) is 44.2 Å². The molecule has 1 heterocycles. The van der Waals surface area contributed by atoms with Gasteiger partial charge in [0.25, 0.3) is 0 Å². The van der Waals surface area contributed by atoms with Gasteiger partial charge in [0.2, 0.25) is 0 Å². The molecule has 28 heavy (non-hydrogen) atoms. The van der Waals surface area contributed by atoms with Crippen LogP contribution in [-0.4, -0.2) is 19.5 Å². The molecule has 0 saturated heterocycles. The van der Waals surface area contributed by atoms with Crippen LogP contribution in [0.4, 0.5) is 0 Å². The summed E-state index contributed by atoms with van der Waals surface area (Å²) in [4.78, 5) is 11.3. The van der Waals surface area contributed by atoms with Gasteiger partial charge in [0, 0.05) is 6.92 Å². The molecule has 5 nitrogen and oxygen atoms in total. The first-order valence-corrected chi connectivity index (χ1v) is 10.8. The first-order chi connectivity index (χ1) is 13.4. The molecule has 0 saturated carbocycles. The molecule has 1 aliphatic heterocycles. The Morgan fingerprint density at radius 2 is 1.79 bits per heavy atom. The van der Waals surface area contributed by atoms with Crippen molar-refractivity contribution in [1.29, 1.82) is 0 Å². The summed E-state index contributed by atoms with van der Waals surface area (Å²) in [6, 6.07) is 15.1. The van der Waals surface area contributed by atoms with Gasteiger partial charge in [-0.3, -0.25) is 4.79 Å². The highest BCUT2D eigenvalue weighted by molar-refractivity contribution is 7.90. The Morgan fingerprint density at radius 3 is 2.54 bits per heavy atom. The average Bonchev–Trinajstić information content (AvgIpc) is 2.97. The lowest BCUT2D eigenvalue weighted by molar-refractivity contribution is -0.142. The largest absolute Gasteiger partial charge is 0.461 e. The molecule has 0 aliphatic carbocycles. The normalized spacial score (nSPS) is 14.8. The van der Waals surface area contributed by atoms with Crippen LogP contribution in [0.15, 0.2) is 48.5 Å². The fourth-order valence-electron chi connectivity index (χ4n) is 3.90. The number of aliphatic hydroxyl groups is 1. The Bertz CT molecular complexity index is 1200. The van der Waals surface area contributed by atoms with Gasteiger partial charge in [-0.05, 0) is 50.2 Å². The number of fused-ring (bicyclic) bond motifs is 2. The Kier molecular flexibility index (Phi) is 4.69. The van der Waals surface area contributed by atoms with E-state index in [0.29, 0.717) is 0 Å². The van der Waals surface area contributed by atoms with Crippen molar-refractivity contribution in [1.82, 2.24) is 0 Å². The summed E-state index contributed by atoms with van der Waals surface area (Å²) in [5.41, 5.74) is 4.81. The van der Waals surface area contributed by atoms with Crippen LogP contribution in [0.25, 0.3) is 21.9 Å². The Balaban J connectivity index is 2.04. The van der Waals surface area contributed by atoms with Gasteiger partial charge in [0.05, 0.1) is 18.1 Å². The van der Waals surface area contributed by atoms with E-state index in [-0.39, 0.29) is 30.7 Å². The zero-order chi connectivity index (χ0) is 19.9. The van der Waals surface area contributed by atoms with E-state index in [1.165, 1.54) is 6.92 Å². The van der Waals surface area contributed by atoms with E-state index in [1.54, 1.807) is 0 Å². The molecule has 4 rings (SSSR count). The number of hydrogen-bond acceptors (Lipinski definition) is 5. The number of ether oxygens (including phenoxy) is 1. The molecule has 6 heteroatoms. The number of carbonyl (C=O) groups excluding carboxylic acids is 1. The molecule has 0 bridgehead atoms. The maximum atomic E-state index is 12.4. The van der Waals surface area contributed by atoms with Crippen molar-refractivity contribution in [2.45, 2.75) is 31.6 Å². The molecule has 0 spiro atoms. The zero-order valence-corrected chi connectivity index (χ0v) is 16.3. The van der Waals surface area contributed by atoms with E-state index in [4.69, 9.17) is 4.74 Å². The zero-order valence-electron chi connectivity index (χ0n) is 15.4. The third-order valence-corrected chi connectivity index (χ3v) is 6.58. The SMILES string of the molecule is CC(=O)OCc1ccccc1-c1c2c(cc3c(CO)cccc13)CS(=O)(=O)C2. The highest BCUT2D eigenvalue weighted by Crippen LogP contribution is 2.42. The van der Waals surface area contributed by atoms with Gasteiger partial charge in [0.1, 0.15) is 6.61 Å². The minimum absolute atomic E-state index is 0.00283. The molecular weight excluding hydrogens is 376 g/mol. The summed E-state index contributed by atoms with van der Waals surface area (Å²) in [5.74, 6) is -0.390. The summed E-state index contributed by atoms with van der Waals surface area (Å²) in [5, 5.41) is 11.5. The molecule has 0 amide bonds. The van der Waals surface area contributed by atoms with Crippen molar-refractivity contribution in [3.05, 3.63) is 70.8 Å². The minimum atomic E-state index is -3.22. The predicted octanol–water partition coefficient (Wildman–Crippen LogP) is 3.49. The molecule has 144 valence electrons. The predicted molar refractivity (Wildman–Crippen MR) is 107 cm³/mol. The quantitative estimate of drug-likeness (QED) is 0.683. The van der Waals surface area contributed by atoms with Crippen LogP contribution < -0.4 is 0 Å². The maximum Gasteiger partial charge on any atom is 0.302 e. The van der Waals surface area contributed by atoms with Gasteiger partial charge in [-0.15, -0.1) is 0 Å². The van der Waals surface area contributed by atoms with Crippen LogP contribution in [0.5, 0.6) is 0 Å². The first-order valence-electron chi connectivity index (χ1n) is 8.99. The molecule has 3 aromatic rings. The molecule has 0 fully saturated rings. The van der Waals surface area contributed by atoms with Gasteiger partial charge in [0.15, 0.2) is 9.84 Å². The van der Waals surface area contributed by atoms with Crippen molar-refractivity contribution in [3.63, 3.8) is 0 Å². The average molecular weight is 396 g/mol. The lowest BCUT2D eigenvalue weighted by atomic mass is 9.87. The van der Waals surface area contributed by atoms with Crippen LogP contribution in [0, 0.1) is 0 Å². The van der Waals surface area contributed by atoms with Crippen molar-refractivity contribution >= 4 is 26.6 Å². The van der Waals surface area contributed by atoms with Crippen molar-refractivity contribution < 1.29 is 23.1 Å². The summed E-state index contributed by atoms with van der Waals surface area (Å²) >= 11 is 0. The van der Waals surface area contributed by atoms with Gasteiger partial charge in [-0.25, -0.2) is 8.42 Å². The molecule has 0 unspecified atom stereocenters. The van der Waals surface area contributed by atoms with Crippen LogP contribution in [0.1, 0.15) is 29.2 Å². The highest BCUT2D eigenvalue weighted by atomic mass is 32.2. The smallest absolute Gasteiger partial charge is 0.302 e. The van der Waals surface area contributed by atoms with E-state index in [1.807, 2.05) is 48.5 Å². The Labute approximate surface area is 163 Å². The lowest BCUT2D eigenvalue weighted by Gasteiger charge is -2.17. The number of sulfone groups is 1. The molecule has 1 aliphatic rings. The molecule has 3 aromatic carbocycles. The van der Waals surface area contributed by atoms with Crippen LogP contribution >= 0.6 is 0 Å². The number of benzene rings is 3. The van der Waals surface area contributed by atoms with E-state index in [9.17, 15) is 18.3 Å². The highest BCUT2D eigenvalue weighted by Gasteiger charge is 2.30. The minimum Gasteiger partial charge on any atom is -0.461 e. The standard InChI is InChI=1S/C22H20O5S/c1-14(24)27-11-16-5-2-3-7-18(16)22-19-8-4-6-15(10-23)20(19)9-17-12-28(25,26)13-21(17)22/h2-9,23H,10-13H2,1H3. The number of carbonyl (C=O) groups is 1. The second-order valence-corrected chi connectivity index (χ2v) is 9.09. The topological polar surface area (TPSA) is 80.7 Å². The van der Waals surface area contributed by atoms with Gasteiger partial charge in [-0.2, -0.15) is 0 Å².